The van der Waals surface area contributed by atoms with Crippen molar-refractivity contribution in [3.63, 3.8) is 0 Å². The topological polar surface area (TPSA) is 59.0 Å². The average Bonchev–Trinajstić information content (AvgIpc) is 3.14. The number of nitrogens with zero attached hydrogens (tertiary/aromatic N) is 2. The van der Waals surface area contributed by atoms with Crippen molar-refractivity contribution in [1.29, 1.82) is 0 Å². The molecule has 0 aromatic heterocycles. The fraction of sp³-hybridized carbons (Fsp3) is 0.350. The van der Waals surface area contributed by atoms with Crippen LogP contribution in [0.15, 0.2) is 53.5 Å². The largest absolute Gasteiger partial charge is 0.496 e. The second kappa shape index (κ2) is 7.97. The molecular weight excluding hydrogens is 416 g/mol. The lowest BCUT2D eigenvalue weighted by Gasteiger charge is -2.27. The summed E-state index contributed by atoms with van der Waals surface area (Å²) in [6, 6.07) is 15.3. The Hall–Kier alpha value is -1.70. The maximum atomic E-state index is 12.1. The van der Waals surface area contributed by atoms with Gasteiger partial charge in [-0.3, -0.25) is 4.99 Å². The zero-order valence-corrected chi connectivity index (χ0v) is 17.8. The van der Waals surface area contributed by atoms with Gasteiger partial charge in [-0.25, -0.2) is 8.42 Å². The van der Waals surface area contributed by atoms with Crippen molar-refractivity contribution in [2.75, 3.05) is 18.6 Å². The van der Waals surface area contributed by atoms with Gasteiger partial charge in [0, 0.05) is 22.9 Å². The molecule has 2 aromatic rings. The van der Waals surface area contributed by atoms with Gasteiger partial charge in [0.25, 0.3) is 0 Å². The van der Waals surface area contributed by atoms with Crippen LogP contribution in [0.4, 0.5) is 0 Å². The number of fused-ring (bicyclic) bond motifs is 1. The van der Waals surface area contributed by atoms with E-state index in [4.69, 9.17) is 21.3 Å². The molecule has 0 aliphatic carbocycles. The van der Waals surface area contributed by atoms with E-state index >= 15 is 0 Å². The SMILES string of the molecule is COc1ccccc1CN1C(SCc2ccc(Cl)cc2)=N[C@H]2CS(=O)(=O)C[C@H]21. The van der Waals surface area contributed by atoms with E-state index in [1.54, 1.807) is 18.9 Å². The molecule has 2 heterocycles. The van der Waals surface area contributed by atoms with Gasteiger partial charge < -0.3 is 9.64 Å². The predicted octanol–water partition coefficient (Wildman–Crippen LogP) is 3.62. The summed E-state index contributed by atoms with van der Waals surface area (Å²) in [5.41, 5.74) is 2.17. The fourth-order valence-corrected chi connectivity index (χ4v) is 6.71. The molecule has 2 atom stereocenters. The number of aliphatic imine (C=N–C) groups is 1. The quantitative estimate of drug-likeness (QED) is 0.716. The van der Waals surface area contributed by atoms with Crippen LogP contribution in [0.5, 0.6) is 5.75 Å². The molecule has 0 bridgehead atoms. The molecule has 1 saturated heterocycles. The Morgan fingerprint density at radius 3 is 2.68 bits per heavy atom. The van der Waals surface area contributed by atoms with E-state index in [0.29, 0.717) is 11.6 Å². The van der Waals surface area contributed by atoms with Crippen molar-refractivity contribution < 1.29 is 13.2 Å². The Bertz CT molecular complexity index is 993. The molecule has 0 N–H and O–H groups in total. The monoisotopic (exact) mass is 436 g/mol. The zero-order chi connectivity index (χ0) is 19.7. The van der Waals surface area contributed by atoms with Gasteiger partial charge in [-0.1, -0.05) is 53.7 Å². The number of thioether (sulfide) groups is 1. The van der Waals surface area contributed by atoms with Gasteiger partial charge >= 0.3 is 0 Å². The summed E-state index contributed by atoms with van der Waals surface area (Å²) in [6.07, 6.45) is 0. The number of halogens is 1. The van der Waals surface area contributed by atoms with E-state index in [-0.39, 0.29) is 23.6 Å². The van der Waals surface area contributed by atoms with E-state index < -0.39 is 9.84 Å². The highest BCUT2D eigenvalue weighted by molar-refractivity contribution is 8.13. The third-order valence-electron chi connectivity index (χ3n) is 5.03. The van der Waals surface area contributed by atoms with Crippen LogP contribution in [0.25, 0.3) is 0 Å². The number of ether oxygens (including phenoxy) is 1. The first-order chi connectivity index (χ1) is 13.4. The van der Waals surface area contributed by atoms with Crippen molar-refractivity contribution >= 4 is 38.4 Å². The highest BCUT2D eigenvalue weighted by Crippen LogP contribution is 2.34. The van der Waals surface area contributed by atoms with Crippen LogP contribution in [0.1, 0.15) is 11.1 Å². The van der Waals surface area contributed by atoms with Crippen LogP contribution in [0.3, 0.4) is 0 Å². The highest BCUT2D eigenvalue weighted by Gasteiger charge is 2.46. The van der Waals surface area contributed by atoms with E-state index in [0.717, 1.165) is 27.8 Å². The Morgan fingerprint density at radius 1 is 1.18 bits per heavy atom. The molecular formula is C20H21ClN2O3S2. The lowest BCUT2D eigenvalue weighted by molar-refractivity contribution is 0.332. The number of para-hydroxylation sites is 1. The molecule has 0 radical (unpaired) electrons. The first-order valence-corrected chi connectivity index (χ1v) is 12.2. The third kappa shape index (κ3) is 4.16. The molecule has 2 aliphatic heterocycles. The molecule has 148 valence electrons. The molecule has 1 fully saturated rings. The van der Waals surface area contributed by atoms with E-state index in [9.17, 15) is 8.42 Å². The number of hydrogen-bond donors (Lipinski definition) is 0. The summed E-state index contributed by atoms with van der Waals surface area (Å²) in [5, 5.41) is 1.61. The van der Waals surface area contributed by atoms with E-state index in [1.807, 2.05) is 48.5 Å². The minimum atomic E-state index is -3.05. The maximum absolute atomic E-state index is 12.1. The van der Waals surface area contributed by atoms with E-state index in [1.165, 1.54) is 0 Å². The standard InChI is InChI=1S/C20H21ClN2O3S2/c1-26-19-5-3-2-4-15(19)10-23-18-13-28(24,25)12-17(18)22-20(23)27-11-14-6-8-16(21)9-7-14/h2-9,17-18H,10-13H2,1H3/t17-,18+/m0/s1. The molecule has 0 amide bonds. The summed E-state index contributed by atoms with van der Waals surface area (Å²) >= 11 is 7.60. The molecule has 5 nitrogen and oxygen atoms in total. The molecule has 2 aliphatic rings. The normalized spacial score (nSPS) is 22.8. The molecule has 28 heavy (non-hydrogen) atoms. The average molecular weight is 437 g/mol. The van der Waals surface area contributed by atoms with E-state index in [2.05, 4.69) is 4.90 Å². The molecule has 0 spiro atoms. The second-order valence-corrected chi connectivity index (χ2v) is 10.5. The lowest BCUT2D eigenvalue weighted by Crippen LogP contribution is -2.38. The van der Waals surface area contributed by atoms with Gasteiger partial charge in [-0.15, -0.1) is 0 Å². The van der Waals surface area contributed by atoms with Crippen molar-refractivity contribution in [2.24, 2.45) is 4.99 Å². The lowest BCUT2D eigenvalue weighted by atomic mass is 10.1. The number of methoxy groups -OCH3 is 1. The fourth-order valence-electron chi connectivity index (χ4n) is 3.64. The van der Waals surface area contributed by atoms with Gasteiger partial charge in [0.05, 0.1) is 30.7 Å². The van der Waals surface area contributed by atoms with Gasteiger partial charge in [0.15, 0.2) is 15.0 Å². The Morgan fingerprint density at radius 2 is 1.93 bits per heavy atom. The Labute approximate surface area is 174 Å². The second-order valence-electron chi connectivity index (χ2n) is 6.98. The maximum Gasteiger partial charge on any atom is 0.160 e. The zero-order valence-electron chi connectivity index (χ0n) is 15.4. The summed E-state index contributed by atoms with van der Waals surface area (Å²) in [4.78, 5) is 6.90. The number of sulfone groups is 1. The summed E-state index contributed by atoms with van der Waals surface area (Å²) in [6.45, 7) is 0.577. The number of amidine groups is 1. The summed E-state index contributed by atoms with van der Waals surface area (Å²) < 4.78 is 29.8. The minimum absolute atomic E-state index is 0.109. The number of rotatable bonds is 5. The van der Waals surface area contributed by atoms with Crippen LogP contribution in [0.2, 0.25) is 5.02 Å². The molecule has 4 rings (SSSR count). The van der Waals surface area contributed by atoms with Gasteiger partial charge in [0.1, 0.15) is 5.75 Å². The molecule has 0 saturated carbocycles. The van der Waals surface area contributed by atoms with Crippen LogP contribution >= 0.6 is 23.4 Å². The molecule has 0 unspecified atom stereocenters. The van der Waals surface area contributed by atoms with Crippen molar-refractivity contribution in [3.05, 3.63) is 64.7 Å². The summed E-state index contributed by atoms with van der Waals surface area (Å²) in [7, 11) is -1.40. The van der Waals surface area contributed by atoms with Crippen LogP contribution in [-0.2, 0) is 22.1 Å². The molecule has 8 heteroatoms. The van der Waals surface area contributed by atoms with Crippen LogP contribution in [0, 0.1) is 0 Å². The Kier molecular flexibility index (Phi) is 5.58. The van der Waals surface area contributed by atoms with Crippen molar-refractivity contribution in [2.45, 2.75) is 24.4 Å². The van der Waals surface area contributed by atoms with Gasteiger partial charge in [-0.05, 0) is 23.8 Å². The van der Waals surface area contributed by atoms with Crippen LogP contribution in [-0.4, -0.2) is 49.2 Å². The number of benzene rings is 2. The number of hydrogen-bond acceptors (Lipinski definition) is 6. The van der Waals surface area contributed by atoms with Crippen LogP contribution < -0.4 is 4.74 Å². The Balaban J connectivity index is 1.56. The summed E-state index contributed by atoms with van der Waals surface area (Å²) in [5.74, 6) is 1.84. The smallest absolute Gasteiger partial charge is 0.160 e. The first-order valence-electron chi connectivity index (χ1n) is 8.99. The van der Waals surface area contributed by atoms with Gasteiger partial charge in [-0.2, -0.15) is 0 Å². The first kappa shape index (κ1) is 19.6. The predicted molar refractivity (Wildman–Crippen MR) is 115 cm³/mol. The highest BCUT2D eigenvalue weighted by atomic mass is 35.5. The van der Waals surface area contributed by atoms with Crippen molar-refractivity contribution in [3.8, 4) is 5.75 Å². The minimum Gasteiger partial charge on any atom is -0.496 e. The molecule has 2 aromatic carbocycles. The van der Waals surface area contributed by atoms with Crippen molar-refractivity contribution in [1.82, 2.24) is 4.90 Å². The third-order valence-corrected chi connectivity index (χ3v) is 8.06. The van der Waals surface area contributed by atoms with Gasteiger partial charge in [0.2, 0.25) is 0 Å².